The quantitative estimate of drug-likeness (QED) is 0.867. The van der Waals surface area contributed by atoms with Crippen LogP contribution in [-0.2, 0) is 6.54 Å². The van der Waals surface area contributed by atoms with Crippen molar-refractivity contribution in [1.29, 1.82) is 0 Å². The van der Waals surface area contributed by atoms with Crippen molar-refractivity contribution in [1.82, 2.24) is 19.7 Å². The highest BCUT2D eigenvalue weighted by Gasteiger charge is 2.26. The number of nitrogens with zero attached hydrogens (tertiary/aromatic N) is 5. The minimum absolute atomic E-state index is 0.374. The number of hydrogen-bond acceptors (Lipinski definition) is 5. The van der Waals surface area contributed by atoms with Crippen LogP contribution in [0.5, 0.6) is 5.88 Å². The minimum Gasteiger partial charge on any atom is -0.481 e. The monoisotopic (exact) mass is 301 g/mol. The molecule has 1 aliphatic rings. The predicted molar refractivity (Wildman–Crippen MR) is 85.3 cm³/mol. The third kappa shape index (κ3) is 3.05. The van der Waals surface area contributed by atoms with E-state index in [0.29, 0.717) is 11.9 Å². The predicted octanol–water partition coefficient (Wildman–Crippen LogP) is 2.36. The van der Waals surface area contributed by atoms with Crippen molar-refractivity contribution < 1.29 is 4.74 Å². The Balaban J connectivity index is 1.83. The van der Waals surface area contributed by atoms with E-state index in [9.17, 15) is 0 Å². The van der Waals surface area contributed by atoms with Crippen molar-refractivity contribution >= 4 is 5.95 Å². The van der Waals surface area contributed by atoms with Gasteiger partial charge in [-0.1, -0.05) is 0 Å². The molecule has 2 aromatic heterocycles. The topological polar surface area (TPSA) is 56.1 Å². The summed E-state index contributed by atoms with van der Waals surface area (Å²) in [6, 6.07) is 4.28. The standard InChI is InChI=1S/C16H23N5O/c1-12-10-13(2)21(19-12)11-14-6-4-5-9-20(14)16-17-8-7-15(18-16)22-3/h7-8,10,14H,4-6,9,11H2,1-3H3/t14-/m0/s1. The van der Waals surface area contributed by atoms with Crippen LogP contribution in [0.1, 0.15) is 30.7 Å². The van der Waals surface area contributed by atoms with Crippen molar-refractivity contribution in [2.45, 2.75) is 45.7 Å². The van der Waals surface area contributed by atoms with Crippen molar-refractivity contribution in [3.63, 3.8) is 0 Å². The molecule has 0 spiro atoms. The van der Waals surface area contributed by atoms with Crippen LogP contribution in [0.15, 0.2) is 18.3 Å². The van der Waals surface area contributed by atoms with Gasteiger partial charge in [-0.05, 0) is 39.2 Å². The maximum atomic E-state index is 5.23. The lowest BCUT2D eigenvalue weighted by atomic mass is 10.0. The number of ether oxygens (including phenoxy) is 1. The van der Waals surface area contributed by atoms with Gasteiger partial charge in [-0.25, -0.2) is 4.98 Å². The van der Waals surface area contributed by atoms with Gasteiger partial charge in [-0.15, -0.1) is 0 Å². The van der Waals surface area contributed by atoms with E-state index in [2.05, 4.69) is 37.6 Å². The molecule has 0 unspecified atom stereocenters. The van der Waals surface area contributed by atoms with Crippen molar-refractivity contribution in [3.8, 4) is 5.88 Å². The third-order valence-electron chi connectivity index (χ3n) is 4.20. The van der Waals surface area contributed by atoms with E-state index in [0.717, 1.165) is 31.2 Å². The normalized spacial score (nSPS) is 18.5. The average Bonchev–Trinajstić information content (AvgIpc) is 2.85. The van der Waals surface area contributed by atoms with Gasteiger partial charge in [-0.3, -0.25) is 4.68 Å². The molecule has 1 saturated heterocycles. The first-order chi connectivity index (χ1) is 10.7. The van der Waals surface area contributed by atoms with Crippen molar-refractivity contribution in [3.05, 3.63) is 29.7 Å². The number of rotatable bonds is 4. The fourth-order valence-corrected chi connectivity index (χ4v) is 3.10. The summed E-state index contributed by atoms with van der Waals surface area (Å²) in [5.41, 5.74) is 2.27. The summed E-state index contributed by atoms with van der Waals surface area (Å²) in [6.07, 6.45) is 5.31. The van der Waals surface area contributed by atoms with Gasteiger partial charge >= 0.3 is 0 Å². The van der Waals surface area contributed by atoms with Gasteiger partial charge in [0.05, 0.1) is 25.4 Å². The molecule has 0 aliphatic carbocycles. The minimum atomic E-state index is 0.374. The molecule has 0 bridgehead atoms. The average molecular weight is 301 g/mol. The summed E-state index contributed by atoms with van der Waals surface area (Å²) in [5, 5.41) is 4.59. The molecule has 3 heterocycles. The molecule has 6 nitrogen and oxygen atoms in total. The van der Waals surface area contributed by atoms with Gasteiger partial charge < -0.3 is 9.64 Å². The number of aromatic nitrogens is 4. The fraction of sp³-hybridized carbons (Fsp3) is 0.562. The lowest BCUT2D eigenvalue weighted by molar-refractivity contribution is 0.379. The SMILES string of the molecule is COc1ccnc(N2CCCC[C@H]2Cn2nc(C)cc2C)n1. The third-order valence-corrected chi connectivity index (χ3v) is 4.20. The van der Waals surface area contributed by atoms with Crippen LogP contribution in [0.4, 0.5) is 5.95 Å². The second-order valence-corrected chi connectivity index (χ2v) is 5.85. The van der Waals surface area contributed by atoms with Gasteiger partial charge in [-0.2, -0.15) is 10.1 Å². The van der Waals surface area contributed by atoms with Crippen LogP contribution in [0, 0.1) is 13.8 Å². The van der Waals surface area contributed by atoms with Gasteiger partial charge in [0.1, 0.15) is 0 Å². The van der Waals surface area contributed by atoms with E-state index in [1.807, 2.05) is 6.92 Å². The lowest BCUT2D eigenvalue weighted by Gasteiger charge is -2.35. The molecule has 1 atom stereocenters. The molecular formula is C16H23N5O. The Bertz CT molecular complexity index is 639. The van der Waals surface area contributed by atoms with Gasteiger partial charge in [0.2, 0.25) is 11.8 Å². The van der Waals surface area contributed by atoms with Gasteiger partial charge in [0.25, 0.3) is 0 Å². The van der Waals surface area contributed by atoms with Crippen LogP contribution >= 0.6 is 0 Å². The zero-order chi connectivity index (χ0) is 15.5. The van der Waals surface area contributed by atoms with E-state index in [-0.39, 0.29) is 0 Å². The van der Waals surface area contributed by atoms with E-state index in [1.165, 1.54) is 18.5 Å². The van der Waals surface area contributed by atoms with Gasteiger partial charge in [0.15, 0.2) is 0 Å². The number of anilines is 1. The highest BCUT2D eigenvalue weighted by molar-refractivity contribution is 5.34. The highest BCUT2D eigenvalue weighted by Crippen LogP contribution is 2.24. The Morgan fingerprint density at radius 1 is 1.32 bits per heavy atom. The Morgan fingerprint density at radius 3 is 2.91 bits per heavy atom. The molecule has 22 heavy (non-hydrogen) atoms. The van der Waals surface area contributed by atoms with Crippen molar-refractivity contribution in [2.24, 2.45) is 0 Å². The summed E-state index contributed by atoms with van der Waals surface area (Å²) in [5.74, 6) is 1.37. The van der Waals surface area contributed by atoms with Crippen LogP contribution in [0.3, 0.4) is 0 Å². The molecule has 0 saturated carbocycles. The molecule has 0 amide bonds. The van der Waals surface area contributed by atoms with E-state index >= 15 is 0 Å². The Kier molecular flexibility index (Phi) is 4.27. The first-order valence-corrected chi connectivity index (χ1v) is 7.82. The van der Waals surface area contributed by atoms with Crippen LogP contribution in [0.2, 0.25) is 0 Å². The number of piperidine rings is 1. The molecular weight excluding hydrogens is 278 g/mol. The molecule has 1 fully saturated rings. The van der Waals surface area contributed by atoms with Crippen LogP contribution in [0.25, 0.3) is 0 Å². The maximum Gasteiger partial charge on any atom is 0.228 e. The van der Waals surface area contributed by atoms with E-state index < -0.39 is 0 Å². The zero-order valence-corrected chi connectivity index (χ0v) is 13.5. The summed E-state index contributed by atoms with van der Waals surface area (Å²) < 4.78 is 7.32. The fourth-order valence-electron chi connectivity index (χ4n) is 3.10. The summed E-state index contributed by atoms with van der Waals surface area (Å²) in [4.78, 5) is 11.2. The first-order valence-electron chi connectivity index (χ1n) is 7.82. The molecule has 0 N–H and O–H groups in total. The van der Waals surface area contributed by atoms with Crippen molar-refractivity contribution in [2.75, 3.05) is 18.6 Å². The van der Waals surface area contributed by atoms with E-state index in [4.69, 9.17) is 4.74 Å². The molecule has 0 aromatic carbocycles. The second-order valence-electron chi connectivity index (χ2n) is 5.85. The Labute approximate surface area is 131 Å². The molecule has 1 aliphatic heterocycles. The van der Waals surface area contributed by atoms with Crippen LogP contribution < -0.4 is 9.64 Å². The number of methoxy groups -OCH3 is 1. The number of hydrogen-bond donors (Lipinski definition) is 0. The lowest BCUT2D eigenvalue weighted by Crippen LogP contribution is -2.43. The second kappa shape index (κ2) is 6.34. The van der Waals surface area contributed by atoms with E-state index in [1.54, 1.807) is 19.4 Å². The first kappa shape index (κ1) is 14.8. The molecule has 3 rings (SSSR count). The van der Waals surface area contributed by atoms with Gasteiger partial charge in [0, 0.05) is 24.5 Å². The molecule has 0 radical (unpaired) electrons. The Hall–Kier alpha value is -2.11. The summed E-state index contributed by atoms with van der Waals surface area (Å²) in [7, 11) is 1.63. The Morgan fingerprint density at radius 2 is 2.18 bits per heavy atom. The summed E-state index contributed by atoms with van der Waals surface area (Å²) >= 11 is 0. The zero-order valence-electron chi connectivity index (χ0n) is 13.5. The largest absolute Gasteiger partial charge is 0.481 e. The molecule has 6 heteroatoms. The molecule has 118 valence electrons. The number of aryl methyl sites for hydroxylation is 2. The highest BCUT2D eigenvalue weighted by atomic mass is 16.5. The molecule has 2 aromatic rings. The summed E-state index contributed by atoms with van der Waals surface area (Å²) in [6.45, 7) is 6.00. The van der Waals surface area contributed by atoms with Crippen LogP contribution in [-0.4, -0.2) is 39.4 Å². The maximum absolute atomic E-state index is 5.23. The smallest absolute Gasteiger partial charge is 0.228 e.